The molecule has 0 aliphatic rings. The molecule has 0 fully saturated rings. The van der Waals surface area contributed by atoms with Gasteiger partial charge in [-0.05, 0) is 60.2 Å². The molecule has 2 aromatic heterocycles. The molecular weight excluding hydrogens is 350 g/mol. The van der Waals surface area contributed by atoms with Crippen LogP contribution in [-0.4, -0.2) is 19.6 Å². The Balaban J connectivity index is 1.91. The van der Waals surface area contributed by atoms with Crippen molar-refractivity contribution in [2.45, 2.75) is 0 Å². The van der Waals surface area contributed by atoms with E-state index in [-0.39, 0.29) is 11.3 Å². The first-order chi connectivity index (χ1) is 13.7. The van der Waals surface area contributed by atoms with Crippen LogP contribution in [0.3, 0.4) is 0 Å². The smallest absolute Gasteiger partial charge is 0.267 e. The Kier molecular flexibility index (Phi) is 4.45. The van der Waals surface area contributed by atoms with Crippen molar-refractivity contribution in [3.63, 3.8) is 0 Å². The van der Waals surface area contributed by atoms with E-state index in [0.717, 1.165) is 11.1 Å². The molecule has 5 nitrogen and oxygen atoms in total. The third kappa shape index (κ3) is 3.27. The number of benzene rings is 2. The van der Waals surface area contributed by atoms with Crippen LogP contribution in [0.2, 0.25) is 0 Å². The molecular formula is C23H15N3O2. The molecule has 0 aliphatic heterocycles. The molecule has 2 aromatic carbocycles. The lowest BCUT2D eigenvalue weighted by atomic mass is 10.2. The third-order valence-electron chi connectivity index (χ3n) is 4.28. The Labute approximate surface area is 161 Å². The summed E-state index contributed by atoms with van der Waals surface area (Å²) in [7, 11) is 0. The van der Waals surface area contributed by atoms with Crippen LogP contribution in [0, 0.1) is 12.3 Å². The van der Waals surface area contributed by atoms with E-state index in [1.54, 1.807) is 72.9 Å². The van der Waals surface area contributed by atoms with Crippen molar-refractivity contribution in [3.8, 4) is 23.8 Å². The Morgan fingerprint density at radius 2 is 1.75 bits per heavy atom. The van der Waals surface area contributed by atoms with Crippen molar-refractivity contribution in [3.05, 3.63) is 94.2 Å². The fraction of sp³-hybridized carbons (Fsp3) is 0. The Morgan fingerprint density at radius 1 is 1.00 bits per heavy atom. The molecule has 2 heterocycles. The molecule has 1 N–H and O–H groups in total. The Hall–Kier alpha value is -4.17. The number of fused-ring (bicyclic) bond motifs is 1. The van der Waals surface area contributed by atoms with Gasteiger partial charge in [0.1, 0.15) is 11.6 Å². The van der Waals surface area contributed by atoms with Gasteiger partial charge in [-0.25, -0.2) is 9.97 Å². The topological polar surface area (TPSA) is 68.0 Å². The van der Waals surface area contributed by atoms with Gasteiger partial charge in [-0.15, -0.1) is 6.42 Å². The molecule has 0 spiro atoms. The fourth-order valence-electron chi connectivity index (χ4n) is 2.86. The number of hydrogen-bond donors (Lipinski definition) is 1. The van der Waals surface area contributed by atoms with Crippen LogP contribution in [0.5, 0.6) is 5.75 Å². The van der Waals surface area contributed by atoms with Crippen LogP contribution in [0.1, 0.15) is 17.0 Å². The molecule has 0 radical (unpaired) electrons. The molecule has 0 saturated heterocycles. The predicted molar refractivity (Wildman–Crippen MR) is 110 cm³/mol. The highest BCUT2D eigenvalue weighted by Gasteiger charge is 2.11. The summed E-state index contributed by atoms with van der Waals surface area (Å²) in [6.45, 7) is 0. The Morgan fingerprint density at radius 3 is 2.46 bits per heavy atom. The van der Waals surface area contributed by atoms with Gasteiger partial charge in [-0.3, -0.25) is 9.36 Å². The lowest BCUT2D eigenvalue weighted by Crippen LogP contribution is -2.22. The molecule has 134 valence electrons. The van der Waals surface area contributed by atoms with Gasteiger partial charge in [-0.2, -0.15) is 0 Å². The quantitative estimate of drug-likeness (QED) is 0.563. The van der Waals surface area contributed by atoms with Gasteiger partial charge in [0.15, 0.2) is 5.65 Å². The summed E-state index contributed by atoms with van der Waals surface area (Å²) in [5.41, 5.74) is 2.43. The average molecular weight is 365 g/mol. The molecule has 0 saturated carbocycles. The number of aromatic nitrogens is 3. The molecule has 4 aromatic rings. The molecule has 28 heavy (non-hydrogen) atoms. The molecule has 0 aliphatic carbocycles. The second kappa shape index (κ2) is 7.22. The van der Waals surface area contributed by atoms with Gasteiger partial charge >= 0.3 is 0 Å². The van der Waals surface area contributed by atoms with E-state index in [1.165, 1.54) is 4.57 Å². The number of rotatable bonds is 3. The fourth-order valence-corrected chi connectivity index (χ4v) is 2.86. The summed E-state index contributed by atoms with van der Waals surface area (Å²) < 4.78 is 1.53. The molecule has 0 atom stereocenters. The molecule has 0 unspecified atom stereocenters. The second-order valence-electron chi connectivity index (χ2n) is 6.10. The van der Waals surface area contributed by atoms with Gasteiger partial charge in [0.2, 0.25) is 0 Å². The summed E-state index contributed by atoms with van der Waals surface area (Å²) in [5, 5.41) is 9.86. The summed E-state index contributed by atoms with van der Waals surface area (Å²) in [6, 6.07) is 17.3. The lowest BCUT2D eigenvalue weighted by molar-refractivity contribution is 0.475. The number of hydrogen-bond acceptors (Lipinski definition) is 4. The summed E-state index contributed by atoms with van der Waals surface area (Å²) in [4.78, 5) is 21.9. The highest BCUT2D eigenvalue weighted by atomic mass is 16.3. The van der Waals surface area contributed by atoms with Gasteiger partial charge in [0, 0.05) is 11.8 Å². The third-order valence-corrected chi connectivity index (χ3v) is 4.28. The minimum atomic E-state index is -0.211. The number of terminal acetylenes is 1. The predicted octanol–water partition coefficient (Wildman–Crippen LogP) is 3.64. The number of phenols is 1. The van der Waals surface area contributed by atoms with Gasteiger partial charge < -0.3 is 5.11 Å². The van der Waals surface area contributed by atoms with Gasteiger partial charge in [-0.1, -0.05) is 24.1 Å². The summed E-state index contributed by atoms with van der Waals surface area (Å²) in [6.07, 6.45) is 10.6. The van der Waals surface area contributed by atoms with E-state index in [4.69, 9.17) is 6.42 Å². The summed E-state index contributed by atoms with van der Waals surface area (Å²) >= 11 is 0. The van der Waals surface area contributed by atoms with Crippen molar-refractivity contribution in [1.29, 1.82) is 0 Å². The first kappa shape index (κ1) is 17.3. The van der Waals surface area contributed by atoms with Crippen LogP contribution >= 0.6 is 0 Å². The van der Waals surface area contributed by atoms with Crippen LogP contribution in [0.4, 0.5) is 0 Å². The van der Waals surface area contributed by atoms with E-state index < -0.39 is 0 Å². The zero-order chi connectivity index (χ0) is 19.5. The number of nitrogens with zero attached hydrogens (tertiary/aromatic N) is 3. The number of pyridine rings is 1. The first-order valence-electron chi connectivity index (χ1n) is 8.58. The molecule has 5 heteroatoms. The van der Waals surface area contributed by atoms with Crippen molar-refractivity contribution < 1.29 is 5.11 Å². The highest BCUT2D eigenvalue weighted by Crippen LogP contribution is 2.16. The van der Waals surface area contributed by atoms with E-state index >= 15 is 0 Å². The minimum Gasteiger partial charge on any atom is -0.508 e. The SMILES string of the molecule is C#Cc1ccc(-n2c(C=Cc3ccc(O)cc3)nc3ncccc3c2=O)cc1. The van der Waals surface area contributed by atoms with E-state index in [1.807, 2.05) is 6.08 Å². The first-order valence-corrected chi connectivity index (χ1v) is 8.58. The zero-order valence-corrected chi connectivity index (χ0v) is 14.8. The molecule has 0 amide bonds. The minimum absolute atomic E-state index is 0.190. The van der Waals surface area contributed by atoms with Gasteiger partial charge in [0.05, 0.1) is 11.1 Å². The van der Waals surface area contributed by atoms with Crippen molar-refractivity contribution in [2.24, 2.45) is 0 Å². The number of phenolic OH excluding ortho intramolecular Hbond substituents is 1. The van der Waals surface area contributed by atoms with E-state index in [0.29, 0.717) is 22.5 Å². The van der Waals surface area contributed by atoms with Gasteiger partial charge in [0.25, 0.3) is 5.56 Å². The largest absolute Gasteiger partial charge is 0.508 e. The van der Waals surface area contributed by atoms with Crippen molar-refractivity contribution >= 4 is 23.2 Å². The van der Waals surface area contributed by atoms with Crippen molar-refractivity contribution in [1.82, 2.24) is 14.5 Å². The van der Waals surface area contributed by atoms with E-state index in [9.17, 15) is 9.90 Å². The van der Waals surface area contributed by atoms with Crippen molar-refractivity contribution in [2.75, 3.05) is 0 Å². The second-order valence-corrected chi connectivity index (χ2v) is 6.10. The zero-order valence-electron chi connectivity index (χ0n) is 14.8. The average Bonchev–Trinajstić information content (AvgIpc) is 2.74. The normalized spacial score (nSPS) is 11.0. The molecule has 4 rings (SSSR count). The van der Waals surface area contributed by atoms with Crippen LogP contribution < -0.4 is 5.56 Å². The maximum Gasteiger partial charge on any atom is 0.267 e. The van der Waals surface area contributed by atoms with Crippen LogP contribution in [0.25, 0.3) is 28.9 Å². The number of aromatic hydroxyl groups is 1. The van der Waals surface area contributed by atoms with Crippen LogP contribution in [-0.2, 0) is 0 Å². The maximum absolute atomic E-state index is 13.1. The monoisotopic (exact) mass is 365 g/mol. The van der Waals surface area contributed by atoms with Crippen LogP contribution in [0.15, 0.2) is 71.7 Å². The Bertz CT molecular complexity index is 1280. The standard InChI is InChI=1S/C23H15N3O2/c1-2-16-5-10-18(11-6-16)26-21(14-9-17-7-12-19(27)13-8-17)25-22-20(23(26)28)4-3-15-24-22/h1,3-15,27H. The van der Waals surface area contributed by atoms with E-state index in [2.05, 4.69) is 15.9 Å². The summed E-state index contributed by atoms with van der Waals surface area (Å²) in [5.74, 6) is 3.20. The lowest BCUT2D eigenvalue weighted by Gasteiger charge is -2.11. The maximum atomic E-state index is 13.1. The highest BCUT2D eigenvalue weighted by molar-refractivity contribution is 5.77. The molecule has 0 bridgehead atoms.